The highest BCUT2D eigenvalue weighted by Gasteiger charge is 2.60. The second kappa shape index (κ2) is 3.44. The van der Waals surface area contributed by atoms with E-state index in [2.05, 4.69) is 11.8 Å². The van der Waals surface area contributed by atoms with Crippen LogP contribution in [0.25, 0.3) is 0 Å². The number of halogens is 2. The van der Waals surface area contributed by atoms with Crippen LogP contribution >= 0.6 is 11.6 Å². The minimum Gasteiger partial charge on any atom is -0.302 e. The van der Waals surface area contributed by atoms with Gasteiger partial charge in [-0.05, 0) is 36.6 Å². The highest BCUT2D eigenvalue weighted by atomic mass is 35.5. The van der Waals surface area contributed by atoms with E-state index in [1.165, 1.54) is 24.6 Å². The molecule has 0 aromatic heterocycles. The third-order valence-corrected chi connectivity index (χ3v) is 4.45. The van der Waals surface area contributed by atoms with Crippen molar-refractivity contribution in [2.24, 2.45) is 5.92 Å². The molecule has 0 radical (unpaired) electrons. The van der Waals surface area contributed by atoms with Crippen LogP contribution in [0.15, 0.2) is 18.2 Å². The summed E-state index contributed by atoms with van der Waals surface area (Å²) < 4.78 is 13.1. The lowest BCUT2D eigenvalue weighted by molar-refractivity contribution is 0.314. The molecule has 1 aromatic carbocycles. The Morgan fingerprint density at radius 1 is 1.56 bits per heavy atom. The molecule has 1 aromatic rings. The molecule has 1 aliphatic carbocycles. The van der Waals surface area contributed by atoms with Gasteiger partial charge >= 0.3 is 0 Å². The van der Waals surface area contributed by atoms with Crippen molar-refractivity contribution in [1.82, 2.24) is 4.90 Å². The molecule has 1 heterocycles. The minimum atomic E-state index is -0.315. The lowest BCUT2D eigenvalue weighted by Crippen LogP contribution is -2.26. The van der Waals surface area contributed by atoms with Gasteiger partial charge in [0, 0.05) is 18.5 Å². The maximum atomic E-state index is 13.1. The summed E-state index contributed by atoms with van der Waals surface area (Å²) >= 11 is 5.85. The van der Waals surface area contributed by atoms with Gasteiger partial charge in [0.15, 0.2) is 0 Å². The molecule has 0 bridgehead atoms. The van der Waals surface area contributed by atoms with Crippen molar-refractivity contribution >= 4 is 11.6 Å². The molecule has 0 N–H and O–H groups in total. The zero-order chi connectivity index (χ0) is 11.3. The van der Waals surface area contributed by atoms with Crippen molar-refractivity contribution < 1.29 is 4.39 Å². The first-order valence-corrected chi connectivity index (χ1v) is 6.21. The molecule has 2 atom stereocenters. The van der Waals surface area contributed by atoms with Crippen LogP contribution in [-0.2, 0) is 5.41 Å². The third-order valence-electron chi connectivity index (χ3n) is 4.16. The Morgan fingerprint density at radius 2 is 2.38 bits per heavy atom. The molecule has 86 valence electrons. The van der Waals surface area contributed by atoms with E-state index >= 15 is 0 Å². The molecule has 1 aliphatic heterocycles. The van der Waals surface area contributed by atoms with Crippen LogP contribution < -0.4 is 0 Å². The third kappa shape index (κ3) is 1.40. The molecular formula is C13H15ClFN. The Kier molecular flexibility index (Phi) is 2.27. The van der Waals surface area contributed by atoms with E-state index in [0.29, 0.717) is 0 Å². The first-order valence-electron chi connectivity index (χ1n) is 5.83. The molecule has 1 nitrogen and oxygen atoms in total. The van der Waals surface area contributed by atoms with Crippen LogP contribution in [0.3, 0.4) is 0 Å². The van der Waals surface area contributed by atoms with E-state index in [0.717, 1.165) is 19.0 Å². The van der Waals surface area contributed by atoms with Gasteiger partial charge in [-0.1, -0.05) is 24.6 Å². The number of rotatable bonds is 2. The molecule has 2 fully saturated rings. The van der Waals surface area contributed by atoms with Crippen molar-refractivity contribution in [3.05, 3.63) is 34.6 Å². The fraction of sp³-hybridized carbons (Fsp3) is 0.538. The Balaban J connectivity index is 1.91. The molecule has 16 heavy (non-hydrogen) atoms. The Bertz CT molecular complexity index is 434. The second-order valence-electron chi connectivity index (χ2n) is 5.01. The predicted molar refractivity (Wildman–Crippen MR) is 63.3 cm³/mol. The topological polar surface area (TPSA) is 3.24 Å². The van der Waals surface area contributed by atoms with Gasteiger partial charge in [0.05, 0.1) is 5.02 Å². The Morgan fingerprint density at radius 3 is 3.00 bits per heavy atom. The van der Waals surface area contributed by atoms with Gasteiger partial charge in [0.1, 0.15) is 5.82 Å². The van der Waals surface area contributed by atoms with Crippen molar-refractivity contribution in [2.75, 3.05) is 19.6 Å². The Labute approximate surface area is 100 Å². The summed E-state index contributed by atoms with van der Waals surface area (Å²) in [7, 11) is 0. The number of piperidine rings is 1. The average molecular weight is 240 g/mol. The van der Waals surface area contributed by atoms with Crippen LogP contribution in [0, 0.1) is 11.7 Å². The highest BCUT2D eigenvalue weighted by Crippen LogP contribution is 2.59. The zero-order valence-electron chi connectivity index (χ0n) is 9.34. The summed E-state index contributed by atoms with van der Waals surface area (Å²) in [5, 5.41) is 0.257. The fourth-order valence-corrected chi connectivity index (χ4v) is 3.26. The van der Waals surface area contributed by atoms with Crippen molar-refractivity contribution in [3.8, 4) is 0 Å². The quantitative estimate of drug-likeness (QED) is 0.767. The summed E-state index contributed by atoms with van der Waals surface area (Å²) in [5.41, 5.74) is 1.51. The normalized spacial score (nSPS) is 32.8. The van der Waals surface area contributed by atoms with Gasteiger partial charge in [-0.2, -0.15) is 0 Å². The summed E-state index contributed by atoms with van der Waals surface area (Å²) in [4.78, 5) is 2.46. The SMILES string of the molecule is CCN1C[C@H]2C[C@@]2(c2ccc(F)c(Cl)c2)C1. The van der Waals surface area contributed by atoms with Crippen LogP contribution in [0.1, 0.15) is 18.9 Å². The molecule has 3 heteroatoms. The van der Waals surface area contributed by atoms with E-state index in [-0.39, 0.29) is 16.3 Å². The highest BCUT2D eigenvalue weighted by molar-refractivity contribution is 6.30. The molecule has 1 saturated carbocycles. The average Bonchev–Trinajstić information content (AvgIpc) is 2.86. The molecule has 1 saturated heterocycles. The van der Waals surface area contributed by atoms with Crippen LogP contribution in [-0.4, -0.2) is 24.5 Å². The maximum absolute atomic E-state index is 13.1. The minimum absolute atomic E-state index is 0.257. The van der Waals surface area contributed by atoms with E-state index < -0.39 is 0 Å². The molecular weight excluding hydrogens is 225 g/mol. The number of hydrogen-bond donors (Lipinski definition) is 0. The molecule has 0 unspecified atom stereocenters. The number of likely N-dealkylation sites (tertiary alicyclic amines) is 1. The zero-order valence-corrected chi connectivity index (χ0v) is 10.1. The summed E-state index contributed by atoms with van der Waals surface area (Å²) in [6, 6.07) is 5.22. The van der Waals surface area contributed by atoms with E-state index in [4.69, 9.17) is 11.6 Å². The van der Waals surface area contributed by atoms with E-state index in [1.807, 2.05) is 12.1 Å². The number of hydrogen-bond acceptors (Lipinski definition) is 1. The lowest BCUT2D eigenvalue weighted by Gasteiger charge is -2.19. The van der Waals surface area contributed by atoms with Gasteiger partial charge in [-0.25, -0.2) is 4.39 Å². The summed E-state index contributed by atoms with van der Waals surface area (Å²) in [6.07, 6.45) is 1.24. The molecule has 0 spiro atoms. The fourth-order valence-electron chi connectivity index (χ4n) is 3.08. The lowest BCUT2D eigenvalue weighted by atomic mass is 9.95. The number of fused-ring (bicyclic) bond motifs is 1. The van der Waals surface area contributed by atoms with Crippen LogP contribution in [0.2, 0.25) is 5.02 Å². The van der Waals surface area contributed by atoms with Crippen molar-refractivity contribution in [3.63, 3.8) is 0 Å². The number of nitrogens with zero attached hydrogens (tertiary/aromatic N) is 1. The maximum Gasteiger partial charge on any atom is 0.141 e. The van der Waals surface area contributed by atoms with Gasteiger partial charge < -0.3 is 4.90 Å². The monoisotopic (exact) mass is 239 g/mol. The standard InChI is InChI=1S/C13H15ClFN/c1-2-16-7-10-6-13(10,8-16)9-3-4-12(15)11(14)5-9/h3-5,10H,2,6-8H2,1H3/t10-,13+/m1/s1. The van der Waals surface area contributed by atoms with E-state index in [1.54, 1.807) is 0 Å². The first kappa shape index (κ1) is 10.5. The number of likely N-dealkylation sites (N-methyl/N-ethyl adjacent to an activating group) is 1. The predicted octanol–water partition coefficient (Wildman–Crippen LogP) is 3.07. The largest absolute Gasteiger partial charge is 0.302 e. The summed E-state index contributed by atoms with van der Waals surface area (Å²) in [6.45, 7) is 5.59. The van der Waals surface area contributed by atoms with Gasteiger partial charge in [-0.3, -0.25) is 0 Å². The van der Waals surface area contributed by atoms with Crippen LogP contribution in [0.4, 0.5) is 4.39 Å². The Hall–Kier alpha value is -0.600. The molecule has 3 rings (SSSR count). The molecule has 0 amide bonds. The van der Waals surface area contributed by atoms with Crippen LogP contribution in [0.5, 0.6) is 0 Å². The van der Waals surface area contributed by atoms with Gasteiger partial charge in [0.25, 0.3) is 0 Å². The second-order valence-corrected chi connectivity index (χ2v) is 5.42. The van der Waals surface area contributed by atoms with Crippen molar-refractivity contribution in [2.45, 2.75) is 18.8 Å². The van der Waals surface area contributed by atoms with Gasteiger partial charge in [-0.15, -0.1) is 0 Å². The first-order chi connectivity index (χ1) is 7.65. The van der Waals surface area contributed by atoms with E-state index in [9.17, 15) is 4.39 Å². The van der Waals surface area contributed by atoms with Crippen molar-refractivity contribution in [1.29, 1.82) is 0 Å². The molecule has 2 aliphatic rings. The smallest absolute Gasteiger partial charge is 0.141 e. The summed E-state index contributed by atoms with van der Waals surface area (Å²) in [5.74, 6) is 0.443. The van der Waals surface area contributed by atoms with Gasteiger partial charge in [0.2, 0.25) is 0 Å². The number of benzene rings is 1.